The van der Waals surface area contributed by atoms with E-state index < -0.39 is 0 Å². The van der Waals surface area contributed by atoms with Crippen molar-refractivity contribution in [2.45, 2.75) is 13.5 Å². The number of anilines is 1. The summed E-state index contributed by atoms with van der Waals surface area (Å²) in [6, 6.07) is 2.02. The molecule has 0 fully saturated rings. The SMILES string of the molecule is Cc1nc(CNc2ncc3ccsc3n2)cs1. The van der Waals surface area contributed by atoms with E-state index in [1.165, 1.54) is 0 Å². The summed E-state index contributed by atoms with van der Waals surface area (Å²) >= 11 is 3.28. The van der Waals surface area contributed by atoms with E-state index in [1.807, 2.05) is 29.9 Å². The van der Waals surface area contributed by atoms with Crippen molar-refractivity contribution < 1.29 is 0 Å². The Kier molecular flexibility index (Phi) is 2.74. The molecule has 0 unspecified atom stereocenters. The van der Waals surface area contributed by atoms with Gasteiger partial charge in [-0.05, 0) is 18.4 Å². The number of nitrogens with one attached hydrogen (secondary N) is 1. The van der Waals surface area contributed by atoms with Gasteiger partial charge in [-0.2, -0.15) is 0 Å². The lowest BCUT2D eigenvalue weighted by Crippen LogP contribution is -2.03. The van der Waals surface area contributed by atoms with Gasteiger partial charge in [0.2, 0.25) is 5.95 Å². The summed E-state index contributed by atoms with van der Waals surface area (Å²) in [6.07, 6.45) is 1.84. The van der Waals surface area contributed by atoms with Gasteiger partial charge in [0.25, 0.3) is 0 Å². The minimum atomic E-state index is 0.658. The van der Waals surface area contributed by atoms with Gasteiger partial charge in [-0.25, -0.2) is 15.0 Å². The van der Waals surface area contributed by atoms with Crippen LogP contribution in [-0.2, 0) is 6.54 Å². The number of hydrogen-bond donors (Lipinski definition) is 1. The summed E-state index contributed by atoms with van der Waals surface area (Å²) in [7, 11) is 0. The third kappa shape index (κ3) is 2.27. The molecule has 3 rings (SSSR count). The highest BCUT2D eigenvalue weighted by Crippen LogP contribution is 2.18. The van der Waals surface area contributed by atoms with Crippen LogP contribution in [0.15, 0.2) is 23.0 Å². The molecule has 0 aliphatic carbocycles. The maximum atomic E-state index is 4.43. The zero-order valence-corrected chi connectivity index (χ0v) is 10.8. The molecule has 0 saturated heterocycles. The van der Waals surface area contributed by atoms with E-state index in [9.17, 15) is 0 Å². The Morgan fingerprint density at radius 2 is 2.24 bits per heavy atom. The highest BCUT2D eigenvalue weighted by molar-refractivity contribution is 7.16. The Hall–Kier alpha value is -1.53. The zero-order chi connectivity index (χ0) is 11.7. The number of aryl methyl sites for hydroxylation is 1. The summed E-state index contributed by atoms with van der Waals surface area (Å²) in [4.78, 5) is 14.1. The monoisotopic (exact) mass is 262 g/mol. The number of hydrogen-bond acceptors (Lipinski definition) is 6. The van der Waals surface area contributed by atoms with Crippen LogP contribution in [0.1, 0.15) is 10.7 Å². The average Bonchev–Trinajstić information content (AvgIpc) is 2.94. The second-order valence-electron chi connectivity index (χ2n) is 3.59. The van der Waals surface area contributed by atoms with E-state index in [2.05, 4.69) is 20.3 Å². The van der Waals surface area contributed by atoms with E-state index in [4.69, 9.17) is 0 Å². The fraction of sp³-hybridized carbons (Fsp3) is 0.182. The predicted molar refractivity (Wildman–Crippen MR) is 71.6 cm³/mol. The second-order valence-corrected chi connectivity index (χ2v) is 5.54. The van der Waals surface area contributed by atoms with Crippen LogP contribution in [0.5, 0.6) is 0 Å². The van der Waals surface area contributed by atoms with Crippen LogP contribution in [0.25, 0.3) is 10.2 Å². The Balaban J connectivity index is 1.76. The largest absolute Gasteiger partial charge is 0.348 e. The predicted octanol–water partition coefficient (Wildman–Crippen LogP) is 3.07. The van der Waals surface area contributed by atoms with Crippen molar-refractivity contribution in [3.8, 4) is 0 Å². The maximum Gasteiger partial charge on any atom is 0.224 e. The molecule has 0 aliphatic rings. The molecule has 4 nitrogen and oxygen atoms in total. The first-order valence-corrected chi connectivity index (χ1v) is 6.92. The van der Waals surface area contributed by atoms with Crippen LogP contribution in [0.4, 0.5) is 5.95 Å². The van der Waals surface area contributed by atoms with E-state index in [-0.39, 0.29) is 0 Å². The van der Waals surface area contributed by atoms with Gasteiger partial charge >= 0.3 is 0 Å². The molecule has 0 aromatic carbocycles. The smallest absolute Gasteiger partial charge is 0.224 e. The van der Waals surface area contributed by atoms with Crippen LogP contribution in [0.2, 0.25) is 0 Å². The number of fused-ring (bicyclic) bond motifs is 1. The number of aromatic nitrogens is 3. The quantitative estimate of drug-likeness (QED) is 0.788. The summed E-state index contributed by atoms with van der Waals surface area (Å²) in [6.45, 7) is 2.67. The van der Waals surface area contributed by atoms with Crippen LogP contribution < -0.4 is 5.32 Å². The maximum absolute atomic E-state index is 4.43. The number of thiazole rings is 1. The van der Waals surface area contributed by atoms with E-state index in [1.54, 1.807) is 22.7 Å². The van der Waals surface area contributed by atoms with Gasteiger partial charge in [0.1, 0.15) is 4.83 Å². The van der Waals surface area contributed by atoms with Crippen LogP contribution in [0.3, 0.4) is 0 Å². The van der Waals surface area contributed by atoms with Crippen molar-refractivity contribution >= 4 is 38.8 Å². The normalized spacial score (nSPS) is 10.9. The van der Waals surface area contributed by atoms with Crippen LogP contribution >= 0.6 is 22.7 Å². The molecule has 0 atom stereocenters. The molecule has 3 heterocycles. The molecule has 0 saturated carbocycles. The lowest BCUT2D eigenvalue weighted by molar-refractivity contribution is 1.02. The van der Waals surface area contributed by atoms with Gasteiger partial charge in [-0.1, -0.05) is 0 Å². The van der Waals surface area contributed by atoms with Crippen LogP contribution in [-0.4, -0.2) is 15.0 Å². The minimum absolute atomic E-state index is 0.658. The van der Waals surface area contributed by atoms with E-state index >= 15 is 0 Å². The third-order valence-electron chi connectivity index (χ3n) is 2.30. The van der Waals surface area contributed by atoms with Crippen molar-refractivity contribution in [2.75, 3.05) is 5.32 Å². The minimum Gasteiger partial charge on any atom is -0.348 e. The van der Waals surface area contributed by atoms with Gasteiger partial charge in [0.05, 0.1) is 17.2 Å². The van der Waals surface area contributed by atoms with Crippen LogP contribution in [0, 0.1) is 6.92 Å². The van der Waals surface area contributed by atoms with E-state index in [0.717, 1.165) is 20.9 Å². The Bertz CT molecular complexity index is 644. The van der Waals surface area contributed by atoms with Crippen molar-refractivity contribution in [1.82, 2.24) is 15.0 Å². The fourth-order valence-electron chi connectivity index (χ4n) is 1.50. The number of rotatable bonds is 3. The topological polar surface area (TPSA) is 50.7 Å². The highest BCUT2D eigenvalue weighted by Gasteiger charge is 2.02. The molecular weight excluding hydrogens is 252 g/mol. The fourth-order valence-corrected chi connectivity index (χ4v) is 2.85. The molecule has 0 spiro atoms. The third-order valence-corrected chi connectivity index (χ3v) is 3.95. The Morgan fingerprint density at radius 1 is 1.29 bits per heavy atom. The molecule has 0 aliphatic heterocycles. The molecular formula is C11H10N4S2. The van der Waals surface area contributed by atoms with Gasteiger partial charge < -0.3 is 5.32 Å². The molecule has 6 heteroatoms. The lowest BCUT2D eigenvalue weighted by Gasteiger charge is -2.01. The van der Waals surface area contributed by atoms with Gasteiger partial charge in [-0.3, -0.25) is 0 Å². The molecule has 0 amide bonds. The van der Waals surface area contributed by atoms with Gasteiger partial charge in [0, 0.05) is 17.0 Å². The van der Waals surface area contributed by atoms with Crippen molar-refractivity contribution in [3.05, 3.63) is 33.7 Å². The molecule has 3 aromatic heterocycles. The first-order chi connectivity index (χ1) is 8.31. The molecule has 0 bridgehead atoms. The summed E-state index contributed by atoms with van der Waals surface area (Å²) < 4.78 is 0. The standard InChI is InChI=1S/C11H10N4S2/c1-7-14-9(6-17-7)5-13-11-12-4-8-2-3-16-10(8)15-11/h2-4,6H,5H2,1H3,(H,12,13,15). The second kappa shape index (κ2) is 4.38. The Labute approximate surface area is 106 Å². The van der Waals surface area contributed by atoms with Gasteiger partial charge in [0.15, 0.2) is 0 Å². The highest BCUT2D eigenvalue weighted by atomic mass is 32.1. The van der Waals surface area contributed by atoms with Crippen molar-refractivity contribution in [3.63, 3.8) is 0 Å². The summed E-state index contributed by atoms with van der Waals surface area (Å²) in [5.74, 6) is 0.658. The number of thiophene rings is 1. The van der Waals surface area contributed by atoms with Crippen molar-refractivity contribution in [2.24, 2.45) is 0 Å². The molecule has 1 N–H and O–H groups in total. The zero-order valence-electron chi connectivity index (χ0n) is 9.17. The molecule has 3 aromatic rings. The number of nitrogens with zero attached hydrogens (tertiary/aromatic N) is 3. The lowest BCUT2D eigenvalue weighted by atomic mass is 10.4. The summed E-state index contributed by atoms with van der Waals surface area (Å²) in [5, 5.41) is 9.42. The first-order valence-electron chi connectivity index (χ1n) is 5.16. The molecule has 0 radical (unpaired) electrons. The van der Waals surface area contributed by atoms with E-state index in [0.29, 0.717) is 12.5 Å². The van der Waals surface area contributed by atoms with Crippen molar-refractivity contribution in [1.29, 1.82) is 0 Å². The first kappa shape index (κ1) is 10.6. The van der Waals surface area contributed by atoms with Gasteiger partial charge in [-0.15, -0.1) is 22.7 Å². The Morgan fingerprint density at radius 3 is 3.06 bits per heavy atom. The molecule has 17 heavy (non-hydrogen) atoms. The summed E-state index contributed by atoms with van der Waals surface area (Å²) in [5.41, 5.74) is 1.03. The molecule has 86 valence electrons. The average molecular weight is 262 g/mol.